The van der Waals surface area contributed by atoms with Crippen molar-refractivity contribution in [1.82, 2.24) is 4.90 Å². The second-order valence-corrected chi connectivity index (χ2v) is 7.76. The molecule has 1 unspecified atom stereocenters. The van der Waals surface area contributed by atoms with E-state index in [1.54, 1.807) is 24.3 Å². The molecule has 1 aliphatic heterocycles. The van der Waals surface area contributed by atoms with Gasteiger partial charge in [-0.25, -0.2) is 0 Å². The summed E-state index contributed by atoms with van der Waals surface area (Å²) in [6.07, 6.45) is -0.0502. The lowest BCUT2D eigenvalue weighted by Crippen LogP contribution is -2.31. The van der Waals surface area contributed by atoms with Crippen LogP contribution in [0.5, 0.6) is 0 Å². The number of hydrogen-bond donors (Lipinski definition) is 2. The van der Waals surface area contributed by atoms with Gasteiger partial charge >= 0.3 is 5.97 Å². The average Bonchev–Trinajstić information content (AvgIpc) is 2.98. The zero-order valence-electron chi connectivity index (χ0n) is 16.0. The second kappa shape index (κ2) is 9.09. The van der Waals surface area contributed by atoms with Gasteiger partial charge in [0.1, 0.15) is 5.76 Å². The molecule has 1 aliphatic rings. The number of hydrogen-bond acceptors (Lipinski definition) is 6. The van der Waals surface area contributed by atoms with E-state index in [-0.39, 0.29) is 36.2 Å². The molecule has 0 aliphatic carbocycles. The van der Waals surface area contributed by atoms with Gasteiger partial charge in [-0.05, 0) is 36.2 Å². The molecule has 1 amide bonds. The minimum absolute atomic E-state index is 0.00858. The minimum Gasteiger partial charge on any atom is -0.507 e. The van der Waals surface area contributed by atoms with E-state index in [1.807, 2.05) is 0 Å². The Bertz CT molecular complexity index is 1080. The SMILES string of the molecule is O=C(O)CCCN1C(=O)C(=O)C(=C(O)c2ccc([N+](=O)[O-])cc2)C1c1ccc(Br)cc1. The van der Waals surface area contributed by atoms with Gasteiger partial charge in [0, 0.05) is 35.1 Å². The van der Waals surface area contributed by atoms with Crippen LogP contribution in [0.3, 0.4) is 0 Å². The summed E-state index contributed by atoms with van der Waals surface area (Å²) in [5.74, 6) is -3.23. The maximum absolute atomic E-state index is 12.8. The van der Waals surface area contributed by atoms with Gasteiger partial charge in [-0.3, -0.25) is 24.5 Å². The number of nitro groups is 1. The van der Waals surface area contributed by atoms with Gasteiger partial charge in [0.05, 0.1) is 16.5 Å². The van der Waals surface area contributed by atoms with Gasteiger partial charge in [0.15, 0.2) is 0 Å². The van der Waals surface area contributed by atoms with Crippen molar-refractivity contribution < 1.29 is 29.5 Å². The Hall–Kier alpha value is -3.53. The molecule has 1 heterocycles. The number of rotatable bonds is 7. The number of carbonyl (C=O) groups is 3. The number of ketones is 1. The summed E-state index contributed by atoms with van der Waals surface area (Å²) < 4.78 is 0.773. The van der Waals surface area contributed by atoms with Crippen LogP contribution in [-0.2, 0) is 14.4 Å². The van der Waals surface area contributed by atoms with Gasteiger partial charge < -0.3 is 15.1 Å². The number of non-ortho nitro benzene ring substituents is 1. The van der Waals surface area contributed by atoms with Gasteiger partial charge in [0.2, 0.25) is 0 Å². The molecular formula is C21H17BrN2O7. The van der Waals surface area contributed by atoms with Crippen LogP contribution >= 0.6 is 15.9 Å². The van der Waals surface area contributed by atoms with Crippen LogP contribution in [0.25, 0.3) is 5.76 Å². The molecule has 2 aromatic rings. The van der Waals surface area contributed by atoms with Crippen molar-refractivity contribution in [2.24, 2.45) is 0 Å². The van der Waals surface area contributed by atoms with Crippen molar-refractivity contribution in [1.29, 1.82) is 0 Å². The number of carbonyl (C=O) groups excluding carboxylic acids is 2. The van der Waals surface area contributed by atoms with Gasteiger partial charge in [-0.2, -0.15) is 0 Å². The Balaban J connectivity index is 2.08. The number of aliphatic carboxylic acids is 1. The van der Waals surface area contributed by atoms with E-state index < -0.39 is 34.4 Å². The lowest BCUT2D eigenvalue weighted by Gasteiger charge is -2.25. The number of aliphatic hydroxyl groups excluding tert-OH is 1. The molecule has 0 radical (unpaired) electrons. The standard InChI is InChI=1S/C21H17BrN2O7/c22-14-7-3-12(4-8-14)18-17(19(27)13-5-9-15(10-6-13)24(30)31)20(28)21(29)23(18)11-1-2-16(25)26/h3-10,18,27H,1-2,11H2,(H,25,26). The second-order valence-electron chi connectivity index (χ2n) is 6.85. The fourth-order valence-corrected chi connectivity index (χ4v) is 3.66. The van der Waals surface area contributed by atoms with Gasteiger partial charge in [0.25, 0.3) is 17.4 Å². The topological polar surface area (TPSA) is 138 Å². The maximum Gasteiger partial charge on any atom is 0.303 e. The van der Waals surface area contributed by atoms with E-state index in [2.05, 4.69) is 15.9 Å². The van der Waals surface area contributed by atoms with E-state index in [4.69, 9.17) is 5.11 Å². The first-order valence-electron chi connectivity index (χ1n) is 9.21. The Morgan fingerprint density at radius 3 is 2.23 bits per heavy atom. The van der Waals surface area contributed by atoms with E-state index >= 15 is 0 Å². The highest BCUT2D eigenvalue weighted by molar-refractivity contribution is 9.10. The smallest absolute Gasteiger partial charge is 0.303 e. The van der Waals surface area contributed by atoms with Crippen LogP contribution in [-0.4, -0.2) is 44.2 Å². The van der Waals surface area contributed by atoms with E-state index in [0.717, 1.165) is 4.47 Å². The number of carboxylic acids is 1. The van der Waals surface area contributed by atoms with Gasteiger partial charge in [-0.1, -0.05) is 28.1 Å². The van der Waals surface area contributed by atoms with Crippen LogP contribution in [0.15, 0.2) is 58.6 Å². The first-order valence-corrected chi connectivity index (χ1v) is 10.0. The highest BCUT2D eigenvalue weighted by atomic mass is 79.9. The highest BCUT2D eigenvalue weighted by Crippen LogP contribution is 2.40. The van der Waals surface area contributed by atoms with Crippen molar-refractivity contribution >= 4 is 45.0 Å². The van der Waals surface area contributed by atoms with Crippen molar-refractivity contribution in [3.8, 4) is 0 Å². The molecule has 9 nitrogen and oxygen atoms in total. The monoisotopic (exact) mass is 488 g/mol. The summed E-state index contributed by atoms with van der Waals surface area (Å²) in [5.41, 5.74) is 0.365. The number of nitro benzene ring substituents is 1. The molecule has 0 bridgehead atoms. The number of Topliss-reactive ketones (excluding diaryl/α,β-unsaturated/α-hetero) is 1. The number of carboxylic acid groups (broad SMARTS) is 1. The van der Waals surface area contributed by atoms with Crippen molar-refractivity contribution in [3.63, 3.8) is 0 Å². The normalized spacial score (nSPS) is 17.7. The molecule has 0 spiro atoms. The first kappa shape index (κ1) is 22.2. The average molecular weight is 489 g/mol. The number of aliphatic hydroxyl groups is 1. The largest absolute Gasteiger partial charge is 0.507 e. The Morgan fingerprint density at radius 1 is 1.06 bits per heavy atom. The third kappa shape index (κ3) is 4.64. The molecule has 2 N–H and O–H groups in total. The maximum atomic E-state index is 12.8. The fraction of sp³-hybridized carbons (Fsp3) is 0.190. The van der Waals surface area contributed by atoms with Crippen molar-refractivity contribution in [2.45, 2.75) is 18.9 Å². The van der Waals surface area contributed by atoms with Crippen LogP contribution in [0.4, 0.5) is 5.69 Å². The third-order valence-electron chi connectivity index (χ3n) is 4.87. The molecule has 31 heavy (non-hydrogen) atoms. The van der Waals surface area contributed by atoms with E-state index in [9.17, 15) is 29.6 Å². The summed E-state index contributed by atoms with van der Waals surface area (Å²) in [7, 11) is 0. The molecule has 1 saturated heterocycles. The highest BCUT2D eigenvalue weighted by Gasteiger charge is 2.45. The van der Waals surface area contributed by atoms with Crippen molar-refractivity contribution in [3.05, 3.63) is 79.8 Å². The molecular weight excluding hydrogens is 472 g/mol. The van der Waals surface area contributed by atoms with Crippen LogP contribution < -0.4 is 0 Å². The van der Waals surface area contributed by atoms with Crippen LogP contribution in [0.1, 0.15) is 30.0 Å². The predicted octanol–water partition coefficient (Wildman–Crippen LogP) is 3.64. The lowest BCUT2D eigenvalue weighted by atomic mass is 9.95. The molecule has 0 saturated carbocycles. The molecule has 0 aromatic heterocycles. The minimum atomic E-state index is -1.03. The summed E-state index contributed by atoms with van der Waals surface area (Å²) in [4.78, 5) is 47.9. The summed E-state index contributed by atoms with van der Waals surface area (Å²) in [6, 6.07) is 10.9. The Morgan fingerprint density at radius 2 is 1.68 bits per heavy atom. The summed E-state index contributed by atoms with van der Waals surface area (Å²) in [6.45, 7) is 0.00858. The van der Waals surface area contributed by atoms with Crippen LogP contribution in [0.2, 0.25) is 0 Å². The number of halogens is 1. The molecule has 2 aromatic carbocycles. The summed E-state index contributed by atoms with van der Waals surface area (Å²) in [5, 5.41) is 30.6. The quantitative estimate of drug-likeness (QED) is 0.199. The molecule has 10 heteroatoms. The Kier molecular flexibility index (Phi) is 6.50. The number of nitrogens with zero attached hydrogens (tertiary/aromatic N) is 2. The van der Waals surface area contributed by atoms with Crippen LogP contribution in [0, 0.1) is 10.1 Å². The van der Waals surface area contributed by atoms with Gasteiger partial charge in [-0.15, -0.1) is 0 Å². The lowest BCUT2D eigenvalue weighted by molar-refractivity contribution is -0.384. The number of benzene rings is 2. The Labute approximate surface area is 184 Å². The molecule has 1 fully saturated rings. The fourth-order valence-electron chi connectivity index (χ4n) is 3.40. The number of amides is 1. The zero-order valence-corrected chi connectivity index (χ0v) is 17.6. The van der Waals surface area contributed by atoms with E-state index in [0.29, 0.717) is 5.56 Å². The molecule has 1 atom stereocenters. The summed E-state index contributed by atoms with van der Waals surface area (Å²) >= 11 is 3.32. The third-order valence-corrected chi connectivity index (χ3v) is 5.40. The van der Waals surface area contributed by atoms with Crippen molar-refractivity contribution in [2.75, 3.05) is 6.54 Å². The number of likely N-dealkylation sites (tertiary alicyclic amines) is 1. The molecule has 160 valence electrons. The molecule has 3 rings (SSSR count). The predicted molar refractivity (Wildman–Crippen MR) is 113 cm³/mol. The first-order chi connectivity index (χ1) is 14.7. The van der Waals surface area contributed by atoms with E-state index in [1.165, 1.54) is 29.2 Å². The zero-order chi connectivity index (χ0) is 22.7.